The normalized spacial score (nSPS) is 15.9. The predicted molar refractivity (Wildman–Crippen MR) is 435 cm³/mol. The van der Waals surface area contributed by atoms with Crippen LogP contribution in [0.5, 0.6) is 0 Å². The number of hydrogen-bond acceptors (Lipinski definition) is 21. The summed E-state index contributed by atoms with van der Waals surface area (Å²) in [5.74, 6) is 0.714. The molecule has 2 saturated carbocycles. The average molecular weight is 1690 g/mol. The van der Waals surface area contributed by atoms with Crippen LogP contribution < -0.4 is 47.9 Å². The molecule has 123 heavy (non-hydrogen) atoms. The molecule has 7 aromatic heterocycles. The van der Waals surface area contributed by atoms with E-state index in [1.54, 1.807) is 73.2 Å². The molecular formula is C87H85F6N19O11. The van der Waals surface area contributed by atoms with E-state index in [2.05, 4.69) is 98.2 Å². The van der Waals surface area contributed by atoms with Gasteiger partial charge in [0.15, 0.2) is 11.6 Å². The molecule has 17 rings (SSSR count). The Kier molecular flexibility index (Phi) is 24.3. The van der Waals surface area contributed by atoms with Crippen molar-refractivity contribution in [2.75, 3.05) is 27.8 Å². The number of hydrogen-bond donors (Lipinski definition) is 9. The number of urea groups is 1. The van der Waals surface area contributed by atoms with E-state index in [4.69, 9.17) is 13.6 Å². The van der Waals surface area contributed by atoms with Crippen molar-refractivity contribution in [1.82, 2.24) is 76.9 Å². The molecule has 6 aliphatic rings. The van der Waals surface area contributed by atoms with Crippen LogP contribution in [-0.4, -0.2) is 104 Å². The fourth-order valence-electron chi connectivity index (χ4n) is 15.0. The molecule has 2 aliphatic carbocycles. The highest BCUT2D eigenvalue weighted by Gasteiger charge is 2.40. The van der Waals surface area contributed by atoms with Gasteiger partial charge in [0.1, 0.15) is 40.7 Å². The zero-order chi connectivity index (χ0) is 87.6. The van der Waals surface area contributed by atoms with Crippen molar-refractivity contribution in [3.63, 3.8) is 0 Å². The minimum Gasteiger partial charge on any atom is -0.345 e. The van der Waals surface area contributed by atoms with Gasteiger partial charge in [-0.15, -0.1) is 0 Å². The van der Waals surface area contributed by atoms with E-state index < -0.39 is 53.1 Å². The summed E-state index contributed by atoms with van der Waals surface area (Å²) in [7, 11) is 0. The van der Waals surface area contributed by atoms with Gasteiger partial charge in [0.2, 0.25) is 29.5 Å². The van der Waals surface area contributed by atoms with Crippen molar-refractivity contribution < 1.29 is 78.3 Å². The molecule has 0 radical (unpaired) electrons. The number of nitrogens with one attached hydrogen (secondary N) is 9. The van der Waals surface area contributed by atoms with E-state index in [-0.39, 0.29) is 115 Å². The number of halogens is 6. The average Bonchev–Trinajstić information content (AvgIpc) is 1.76. The summed E-state index contributed by atoms with van der Waals surface area (Å²) in [5.41, 5.74) is 6.66. The summed E-state index contributed by atoms with van der Waals surface area (Å²) in [6.45, 7) is 17.3. The number of nitrogens with zero attached hydrogens (tertiary/aromatic N) is 10. The standard InChI is InChI=1S/C23H25FN4O2.C22H20F3N5O3.2C21H20FN5O3/c24-20-9-15(18-5-6-25-22-19(18)10-21(29)28-22)3-4-16(20)11-26-23(30)27-12-17-8-13-1-2-14(17)7-13;1-21(2,3)20-29-19(33-30-20)18(32)27-10-12-5-4-11(8-15(12)22(23,24)25)13-6-7-26-17-14(13)9-16(31)28-17;1-21(2,3)20-26-18(27-30-20)19(29)24-10-12-5-4-11(8-15(12)22)13-6-7-23-17-14(13)9-16(28)25-17;1-21(2,3)20-26-19(30-27-20)18(29)24-10-12-5-4-11(8-15(12)22)13-6-7-23-17-14(13)9-16(28)25-17/h3-6,9,13-14,17H,1-2,7-8,10-12H2,(H,25,28,29)(H2,26,27,30);4-8H,9-10H2,1-3H3,(H,27,32)(H,26,28,31);2*4-8H,9-10H2,1-3H3,(H,24,29)(H,23,25,28). The zero-order valence-corrected chi connectivity index (χ0v) is 68.2. The minimum atomic E-state index is -4.66. The number of carbonyl (C=O) groups is 8. The Balaban J connectivity index is 0.000000134. The third-order valence-electron chi connectivity index (χ3n) is 21.4. The zero-order valence-electron chi connectivity index (χ0n) is 68.2. The Morgan fingerprint density at radius 2 is 0.797 bits per heavy atom. The summed E-state index contributed by atoms with van der Waals surface area (Å²) in [5, 5.41) is 35.2. The molecule has 2 fully saturated rings. The number of anilines is 4. The predicted octanol–water partition coefficient (Wildman–Crippen LogP) is 13.5. The third-order valence-corrected chi connectivity index (χ3v) is 21.4. The summed E-state index contributed by atoms with van der Waals surface area (Å²) in [4.78, 5) is 124. The number of pyridine rings is 4. The SMILES string of the molecule is CC(C)(C)c1nc(C(=O)NCc2ccc(-c3ccnc4c3CC(=O)N4)cc2F)no1.CC(C)(C)c1noc(C(=O)NCc2ccc(-c3ccnc4c3CC(=O)N4)cc2C(F)(F)F)n1.CC(C)(C)c1noc(C(=O)NCc2ccc(-c3ccnc4c3CC(=O)N4)cc2F)n1.O=C1Cc2c(-c3ccc(CNC(=O)NCC4CC5CCC4C5)c(F)c3)ccnc2N1. The number of rotatable bonds is 17. The molecule has 3 atom stereocenters. The van der Waals surface area contributed by atoms with E-state index in [0.717, 1.165) is 51.3 Å². The van der Waals surface area contributed by atoms with Gasteiger partial charge in [0.25, 0.3) is 11.7 Å². The lowest BCUT2D eigenvalue weighted by Gasteiger charge is -2.21. The first kappa shape index (κ1) is 85.5. The quantitative estimate of drug-likeness (QED) is 0.0382. The molecule has 30 nitrogen and oxygen atoms in total. The van der Waals surface area contributed by atoms with Crippen LogP contribution in [0.4, 0.5) is 54.4 Å². The summed E-state index contributed by atoms with van der Waals surface area (Å²) in [6, 6.07) is 24.8. The van der Waals surface area contributed by atoms with E-state index in [0.29, 0.717) is 103 Å². The highest BCUT2D eigenvalue weighted by Crippen LogP contribution is 2.48. The van der Waals surface area contributed by atoms with Crippen LogP contribution in [0.2, 0.25) is 0 Å². The van der Waals surface area contributed by atoms with Crippen molar-refractivity contribution >= 4 is 70.7 Å². The van der Waals surface area contributed by atoms with Gasteiger partial charge in [0.05, 0.1) is 31.2 Å². The lowest BCUT2D eigenvalue weighted by molar-refractivity contribution is -0.138. The topological polar surface area (TPSA) is 413 Å². The van der Waals surface area contributed by atoms with Gasteiger partial charge >= 0.3 is 35.8 Å². The summed E-state index contributed by atoms with van der Waals surface area (Å²) in [6.07, 6.45) is 7.39. The molecule has 3 unspecified atom stereocenters. The van der Waals surface area contributed by atoms with E-state index in [1.807, 2.05) is 68.4 Å². The number of benzene rings is 4. The number of alkyl halides is 3. The molecule has 636 valence electrons. The van der Waals surface area contributed by atoms with Crippen LogP contribution in [0.1, 0.15) is 188 Å². The second-order valence-electron chi connectivity index (χ2n) is 33.5. The molecule has 4 aliphatic heterocycles. The first-order valence-corrected chi connectivity index (χ1v) is 39.5. The Labute approximate surface area is 699 Å². The van der Waals surface area contributed by atoms with E-state index in [9.17, 15) is 64.7 Å². The van der Waals surface area contributed by atoms with Gasteiger partial charge < -0.3 is 61.4 Å². The first-order valence-electron chi connectivity index (χ1n) is 39.5. The smallest absolute Gasteiger partial charge is 0.345 e. The summed E-state index contributed by atoms with van der Waals surface area (Å²) < 4.78 is 101. The molecule has 9 N–H and O–H groups in total. The van der Waals surface area contributed by atoms with Gasteiger partial charge in [-0.2, -0.15) is 28.1 Å². The van der Waals surface area contributed by atoms with Crippen LogP contribution >= 0.6 is 0 Å². The number of carbonyl (C=O) groups excluding carboxylic acids is 8. The maximum Gasteiger partial charge on any atom is 0.416 e. The first-order chi connectivity index (χ1) is 58.4. The number of aromatic nitrogens is 10. The van der Waals surface area contributed by atoms with Gasteiger partial charge in [0, 0.05) is 113 Å². The fourth-order valence-corrected chi connectivity index (χ4v) is 15.0. The Hall–Kier alpha value is -14.0. The molecule has 0 saturated heterocycles. The van der Waals surface area contributed by atoms with Crippen molar-refractivity contribution in [3.05, 3.63) is 225 Å². The molecule has 4 aromatic carbocycles. The molecular weight excluding hydrogens is 1600 g/mol. The number of fused-ring (bicyclic) bond motifs is 6. The molecule has 0 spiro atoms. The van der Waals surface area contributed by atoms with Gasteiger partial charge in [-0.05, 0) is 136 Å². The fraction of sp³-hybridized carbons (Fsp3) is 0.333. The Bertz CT molecular complexity index is 5800. The Morgan fingerprint density at radius 3 is 1.14 bits per heavy atom. The van der Waals surface area contributed by atoms with Gasteiger partial charge in [-0.25, -0.2) is 37.9 Å². The molecule has 9 amide bonds. The van der Waals surface area contributed by atoms with Crippen molar-refractivity contribution in [2.45, 2.75) is 162 Å². The molecule has 11 heterocycles. The van der Waals surface area contributed by atoms with Crippen molar-refractivity contribution in [3.8, 4) is 44.5 Å². The van der Waals surface area contributed by atoms with Crippen LogP contribution in [-0.2, 0) is 93.5 Å². The van der Waals surface area contributed by atoms with E-state index in [1.165, 1.54) is 62.2 Å². The molecule has 2 bridgehead atoms. The Morgan fingerprint density at radius 1 is 0.423 bits per heavy atom. The van der Waals surface area contributed by atoms with Crippen LogP contribution in [0.25, 0.3) is 44.5 Å². The van der Waals surface area contributed by atoms with Gasteiger partial charge in [-0.1, -0.05) is 133 Å². The summed E-state index contributed by atoms with van der Waals surface area (Å²) >= 11 is 0. The van der Waals surface area contributed by atoms with Crippen molar-refractivity contribution in [1.29, 1.82) is 0 Å². The highest BCUT2D eigenvalue weighted by molar-refractivity contribution is 6.03. The monoisotopic (exact) mass is 1690 g/mol. The van der Waals surface area contributed by atoms with Crippen LogP contribution in [0.15, 0.2) is 135 Å². The lowest BCUT2D eigenvalue weighted by Crippen LogP contribution is -2.39. The number of amides is 9. The maximum absolute atomic E-state index is 14.7. The van der Waals surface area contributed by atoms with E-state index >= 15 is 0 Å². The lowest BCUT2D eigenvalue weighted by atomic mass is 9.89. The third kappa shape index (κ3) is 19.9. The van der Waals surface area contributed by atoms with Gasteiger partial charge in [-0.3, -0.25) is 33.6 Å². The van der Waals surface area contributed by atoms with Crippen LogP contribution in [0.3, 0.4) is 0 Å². The second-order valence-corrected chi connectivity index (χ2v) is 33.5. The second kappa shape index (κ2) is 35.0. The maximum atomic E-state index is 14.7. The largest absolute Gasteiger partial charge is 0.416 e. The highest BCUT2D eigenvalue weighted by atomic mass is 19.4. The van der Waals surface area contributed by atoms with Crippen molar-refractivity contribution in [2.24, 2.45) is 17.8 Å². The van der Waals surface area contributed by atoms with Crippen LogP contribution in [0, 0.1) is 35.2 Å². The molecule has 36 heteroatoms. The molecule has 11 aromatic rings. The minimum absolute atomic E-state index is 0.0289.